The highest BCUT2D eigenvalue weighted by Crippen LogP contribution is 2.32. The van der Waals surface area contributed by atoms with E-state index in [9.17, 15) is 0 Å². The maximum Gasteiger partial charge on any atom is 0.171 e. The number of allylic oxidation sites excluding steroid dienone is 4. The van der Waals surface area contributed by atoms with Gasteiger partial charge in [-0.15, -0.1) is 0 Å². The van der Waals surface area contributed by atoms with Crippen LogP contribution in [0, 0.1) is 20.8 Å². The monoisotopic (exact) mass is 595 g/mol. The summed E-state index contributed by atoms with van der Waals surface area (Å²) in [6, 6.07) is 6.45. The molecule has 1 fully saturated rings. The summed E-state index contributed by atoms with van der Waals surface area (Å²) in [5, 5.41) is 4.19. The lowest BCUT2D eigenvalue weighted by atomic mass is 10.0. The lowest BCUT2D eigenvalue weighted by Crippen LogP contribution is -2.11. The number of aromatic nitrogens is 1. The number of rotatable bonds is 11. The number of unbranched alkanes of at least 4 members (excludes halogenated alkanes) is 1. The molecule has 0 radical (unpaired) electrons. The molecule has 0 spiro atoms. The van der Waals surface area contributed by atoms with Crippen LogP contribution in [0.3, 0.4) is 0 Å². The molecule has 6 heteroatoms. The van der Waals surface area contributed by atoms with E-state index in [1.54, 1.807) is 6.21 Å². The Balaban J connectivity index is 0.000000416. The van der Waals surface area contributed by atoms with E-state index in [4.69, 9.17) is 15.0 Å². The second-order valence-corrected chi connectivity index (χ2v) is 11.7. The molecule has 1 aromatic carbocycles. The number of aliphatic imine (C=N–C) groups is 1. The van der Waals surface area contributed by atoms with Crippen molar-refractivity contribution in [1.82, 2.24) is 5.16 Å². The van der Waals surface area contributed by atoms with Crippen molar-refractivity contribution in [2.45, 2.75) is 126 Å². The minimum Gasteiger partial charge on any atom is -0.398 e. The predicted octanol–water partition coefficient (Wildman–Crippen LogP) is 10.4. The smallest absolute Gasteiger partial charge is 0.171 e. The minimum atomic E-state index is 0.403. The molecule has 0 aliphatic carbocycles. The van der Waals surface area contributed by atoms with Gasteiger partial charge < -0.3 is 15.0 Å². The molecule has 0 amide bonds. The van der Waals surface area contributed by atoms with Gasteiger partial charge in [0.2, 0.25) is 0 Å². The third-order valence-corrected chi connectivity index (χ3v) is 8.46. The quantitative estimate of drug-likeness (QED) is 0.207. The number of nitrogens with two attached hydrogens (primary N) is 1. The van der Waals surface area contributed by atoms with Crippen molar-refractivity contribution >= 4 is 18.0 Å². The second-order valence-electron chi connectivity index (χ2n) is 10.7. The third-order valence-electron chi connectivity index (χ3n) is 7.36. The fourth-order valence-electron chi connectivity index (χ4n) is 4.43. The van der Waals surface area contributed by atoms with Crippen LogP contribution in [0.4, 0.5) is 0 Å². The predicted molar refractivity (Wildman–Crippen MR) is 185 cm³/mol. The summed E-state index contributed by atoms with van der Waals surface area (Å²) in [4.78, 5) is 4.33. The molecule has 42 heavy (non-hydrogen) atoms. The zero-order valence-corrected chi connectivity index (χ0v) is 29.1. The first-order valence-electron chi connectivity index (χ1n) is 15.7. The Morgan fingerprint density at radius 2 is 1.83 bits per heavy atom. The van der Waals surface area contributed by atoms with Crippen LogP contribution in [-0.2, 0) is 10.5 Å². The van der Waals surface area contributed by atoms with Crippen LogP contribution < -0.4 is 5.73 Å². The largest absolute Gasteiger partial charge is 0.398 e. The normalized spacial score (nSPS) is 17.9. The van der Waals surface area contributed by atoms with Crippen LogP contribution >= 0.6 is 11.8 Å². The molecular formula is C36H57N3O2S. The highest BCUT2D eigenvalue weighted by molar-refractivity contribution is 7.98. The topological polar surface area (TPSA) is 73.6 Å². The van der Waals surface area contributed by atoms with Crippen LogP contribution in [0.15, 0.2) is 62.4 Å². The van der Waals surface area contributed by atoms with Crippen LogP contribution in [-0.4, -0.2) is 29.3 Å². The Morgan fingerprint density at radius 3 is 2.40 bits per heavy atom. The Morgan fingerprint density at radius 1 is 1.12 bits per heavy atom. The van der Waals surface area contributed by atoms with E-state index < -0.39 is 0 Å². The Hall–Kier alpha value is -2.57. The molecule has 2 heterocycles. The minimum absolute atomic E-state index is 0.403. The highest BCUT2D eigenvalue weighted by Gasteiger charge is 2.22. The summed E-state index contributed by atoms with van der Waals surface area (Å²) in [7, 11) is 0. The number of aryl methyl sites for hydroxylation is 3. The average Bonchev–Trinajstić information content (AvgIpc) is 3.58. The second kappa shape index (κ2) is 20.4. The zero-order chi connectivity index (χ0) is 31.7. The molecule has 2 N–H and O–H groups in total. The molecule has 1 aliphatic heterocycles. The standard InChI is InChI=1S/C19H25NO2S.C15H26N2.C2H6/c1-12-5-7-16(9-13(12)2)19-18(15(4)20-22-19)11-23-10-17-8-6-14(3)21-17;1-6-9-10-11-14(13(5)17-8-3)15(16)12(4)7-2;1-2/h5,7,9,14,17H,6,8,10-11H2,1-4H3;8,10-11H,6-7,9,16H2,1-5H3;1-2H3/b;11-10-,14-13-,15-12-,17-8?;. The van der Waals surface area contributed by atoms with Gasteiger partial charge in [0.05, 0.1) is 17.9 Å². The van der Waals surface area contributed by atoms with Gasteiger partial charge in [-0.1, -0.05) is 63.6 Å². The summed E-state index contributed by atoms with van der Waals surface area (Å²) in [6.07, 6.45) is 12.5. The molecule has 2 unspecified atom stereocenters. The maximum atomic E-state index is 6.18. The van der Waals surface area contributed by atoms with Gasteiger partial charge in [0.15, 0.2) is 5.76 Å². The molecule has 5 nitrogen and oxygen atoms in total. The van der Waals surface area contributed by atoms with E-state index in [2.05, 4.69) is 82.0 Å². The molecule has 0 bridgehead atoms. The first-order chi connectivity index (χ1) is 20.1. The zero-order valence-electron chi connectivity index (χ0n) is 28.3. The summed E-state index contributed by atoms with van der Waals surface area (Å²) >= 11 is 1.92. The molecule has 1 aromatic heterocycles. The molecule has 2 aromatic rings. The molecule has 1 saturated heterocycles. The van der Waals surface area contributed by atoms with Gasteiger partial charge in [-0.2, -0.15) is 11.8 Å². The molecule has 2 atom stereocenters. The number of nitrogens with zero attached hydrogens (tertiary/aromatic N) is 2. The first kappa shape index (κ1) is 37.5. The van der Waals surface area contributed by atoms with E-state index >= 15 is 0 Å². The lowest BCUT2D eigenvalue weighted by molar-refractivity contribution is 0.0700. The number of hydrogen-bond donors (Lipinski definition) is 1. The summed E-state index contributed by atoms with van der Waals surface area (Å²) in [6.45, 7) is 22.7. The number of hydrogen-bond acceptors (Lipinski definition) is 6. The van der Waals surface area contributed by atoms with E-state index in [1.165, 1.54) is 35.1 Å². The molecule has 0 saturated carbocycles. The van der Waals surface area contributed by atoms with Crippen molar-refractivity contribution in [2.24, 2.45) is 10.7 Å². The van der Waals surface area contributed by atoms with Gasteiger partial charge in [0.1, 0.15) is 0 Å². The van der Waals surface area contributed by atoms with Crippen LogP contribution in [0.5, 0.6) is 0 Å². The fourth-order valence-corrected chi connectivity index (χ4v) is 5.60. The van der Waals surface area contributed by atoms with Crippen molar-refractivity contribution in [3.63, 3.8) is 0 Å². The van der Waals surface area contributed by atoms with E-state index in [-0.39, 0.29) is 0 Å². The van der Waals surface area contributed by atoms with Gasteiger partial charge in [-0.3, -0.25) is 4.99 Å². The van der Waals surface area contributed by atoms with Crippen molar-refractivity contribution in [1.29, 1.82) is 0 Å². The van der Waals surface area contributed by atoms with E-state index in [0.717, 1.165) is 64.8 Å². The number of thioether (sulfide) groups is 1. The van der Waals surface area contributed by atoms with Gasteiger partial charge in [-0.05, 0) is 96.9 Å². The average molecular weight is 596 g/mol. The summed E-state index contributed by atoms with van der Waals surface area (Å²) < 4.78 is 11.5. The maximum absolute atomic E-state index is 6.18. The lowest BCUT2D eigenvalue weighted by Gasteiger charge is -2.10. The summed E-state index contributed by atoms with van der Waals surface area (Å²) in [5.41, 5.74) is 16.2. The van der Waals surface area contributed by atoms with E-state index in [0.29, 0.717) is 12.2 Å². The number of ether oxygens (including phenoxy) is 1. The van der Waals surface area contributed by atoms with Crippen molar-refractivity contribution in [3.8, 4) is 11.3 Å². The molecule has 3 rings (SSSR count). The van der Waals surface area contributed by atoms with Crippen LogP contribution in [0.25, 0.3) is 11.3 Å². The Labute approximate surface area is 261 Å². The van der Waals surface area contributed by atoms with Gasteiger partial charge in [0, 0.05) is 45.8 Å². The number of benzene rings is 1. The summed E-state index contributed by atoms with van der Waals surface area (Å²) in [5.74, 6) is 2.88. The highest BCUT2D eigenvalue weighted by atomic mass is 32.2. The van der Waals surface area contributed by atoms with Gasteiger partial charge in [-0.25, -0.2) is 0 Å². The SMILES string of the molecule is CC.CC=N/C(C)=C(/C=C\CCC)C(\N)=C(/C)CC.Cc1ccc(-c2onc(C)c2CSCC2CCC(C)O2)cc1C. The van der Waals surface area contributed by atoms with Gasteiger partial charge in [0.25, 0.3) is 0 Å². The Bertz CT molecular complexity index is 1210. The molecule has 234 valence electrons. The first-order valence-corrected chi connectivity index (χ1v) is 16.9. The van der Waals surface area contributed by atoms with Gasteiger partial charge >= 0.3 is 0 Å². The molecule has 1 aliphatic rings. The van der Waals surface area contributed by atoms with Crippen molar-refractivity contribution < 1.29 is 9.26 Å². The van der Waals surface area contributed by atoms with Crippen LogP contribution in [0.1, 0.15) is 110 Å². The van der Waals surface area contributed by atoms with Crippen molar-refractivity contribution in [3.05, 3.63) is 75.3 Å². The van der Waals surface area contributed by atoms with Crippen LogP contribution in [0.2, 0.25) is 0 Å². The van der Waals surface area contributed by atoms with Crippen molar-refractivity contribution in [2.75, 3.05) is 5.75 Å². The molecular weight excluding hydrogens is 538 g/mol. The fraction of sp³-hybridized carbons (Fsp3) is 0.556. The van der Waals surface area contributed by atoms with E-state index in [1.807, 2.05) is 46.4 Å². The Kier molecular flexibility index (Phi) is 18.2. The third kappa shape index (κ3) is 12.0.